The van der Waals surface area contributed by atoms with E-state index in [0.29, 0.717) is 6.42 Å². The van der Waals surface area contributed by atoms with E-state index < -0.39 is 12.0 Å². The zero-order valence-electron chi connectivity index (χ0n) is 11.2. The molecule has 1 amide bonds. The monoisotopic (exact) mass is 244 g/mol. The number of hydrogen-bond donors (Lipinski definition) is 2. The fraction of sp³-hybridized carbons (Fsp3) is 0.833. The number of hydrogen-bond acceptors (Lipinski definition) is 3. The van der Waals surface area contributed by atoms with Crippen molar-refractivity contribution < 1.29 is 14.7 Å². The minimum atomic E-state index is -0.863. The number of unbranched alkanes of at least 4 members (excludes halogenated alkanes) is 1. The molecule has 0 fully saturated rings. The van der Waals surface area contributed by atoms with E-state index in [9.17, 15) is 9.59 Å². The Morgan fingerprint density at radius 1 is 1.35 bits per heavy atom. The minimum absolute atomic E-state index is 0.0785. The van der Waals surface area contributed by atoms with Crippen LogP contribution >= 0.6 is 0 Å². The number of likely N-dealkylation sites (N-methyl/N-ethyl adjacent to an activating group) is 1. The lowest BCUT2D eigenvalue weighted by Crippen LogP contribution is -2.45. The molecule has 1 atom stereocenters. The van der Waals surface area contributed by atoms with Crippen LogP contribution in [0.15, 0.2) is 0 Å². The van der Waals surface area contributed by atoms with Crippen LogP contribution in [0, 0.1) is 0 Å². The number of nitrogens with one attached hydrogen (secondary N) is 1. The molecule has 0 aromatic rings. The fourth-order valence-electron chi connectivity index (χ4n) is 1.63. The molecule has 0 aliphatic rings. The zero-order chi connectivity index (χ0) is 13.4. The first-order valence-electron chi connectivity index (χ1n) is 6.10. The van der Waals surface area contributed by atoms with Crippen LogP contribution in [0.1, 0.15) is 40.0 Å². The van der Waals surface area contributed by atoms with Crippen molar-refractivity contribution in [2.75, 3.05) is 13.6 Å². The van der Waals surface area contributed by atoms with Crippen LogP contribution in [-0.4, -0.2) is 47.6 Å². The summed E-state index contributed by atoms with van der Waals surface area (Å²) in [6.45, 7) is 5.90. The summed E-state index contributed by atoms with van der Waals surface area (Å²) in [5.74, 6) is -0.997. The topological polar surface area (TPSA) is 69.6 Å². The van der Waals surface area contributed by atoms with Crippen LogP contribution in [0.25, 0.3) is 0 Å². The molecule has 0 heterocycles. The summed E-state index contributed by atoms with van der Waals surface area (Å²) < 4.78 is 0. The van der Waals surface area contributed by atoms with Crippen molar-refractivity contribution in [3.8, 4) is 0 Å². The Labute approximate surface area is 103 Å². The molecule has 5 heteroatoms. The van der Waals surface area contributed by atoms with Gasteiger partial charge in [-0.2, -0.15) is 0 Å². The largest absolute Gasteiger partial charge is 0.480 e. The molecule has 1 unspecified atom stereocenters. The quantitative estimate of drug-likeness (QED) is 0.670. The molecule has 5 nitrogen and oxygen atoms in total. The van der Waals surface area contributed by atoms with Crippen LogP contribution in [0.3, 0.4) is 0 Å². The third kappa shape index (κ3) is 6.94. The Morgan fingerprint density at radius 2 is 1.94 bits per heavy atom. The fourth-order valence-corrected chi connectivity index (χ4v) is 1.63. The van der Waals surface area contributed by atoms with Gasteiger partial charge in [0.25, 0.3) is 0 Å². The van der Waals surface area contributed by atoms with Gasteiger partial charge in [-0.3, -0.25) is 14.5 Å². The van der Waals surface area contributed by atoms with Crippen molar-refractivity contribution in [3.63, 3.8) is 0 Å². The van der Waals surface area contributed by atoms with Crippen molar-refractivity contribution >= 4 is 11.9 Å². The van der Waals surface area contributed by atoms with Crippen LogP contribution < -0.4 is 5.32 Å². The maximum atomic E-state index is 11.5. The lowest BCUT2D eigenvalue weighted by atomic mass is 10.1. The minimum Gasteiger partial charge on any atom is -0.480 e. The van der Waals surface area contributed by atoms with Crippen molar-refractivity contribution in [1.82, 2.24) is 10.2 Å². The third-order valence-electron chi connectivity index (χ3n) is 2.49. The van der Waals surface area contributed by atoms with Crippen molar-refractivity contribution in [2.45, 2.75) is 52.1 Å². The summed E-state index contributed by atoms with van der Waals surface area (Å²) in [5, 5.41) is 11.8. The highest BCUT2D eigenvalue weighted by atomic mass is 16.4. The standard InChI is InChI=1S/C12H24N2O3/c1-5-6-7-10(12(16)17)14(4)8-11(15)13-9(2)3/h9-10H,5-8H2,1-4H3,(H,13,15)(H,16,17). The van der Waals surface area contributed by atoms with Crippen molar-refractivity contribution in [1.29, 1.82) is 0 Å². The second-order valence-corrected chi connectivity index (χ2v) is 4.63. The summed E-state index contributed by atoms with van der Waals surface area (Å²) in [5.41, 5.74) is 0. The van der Waals surface area contributed by atoms with Gasteiger partial charge in [-0.25, -0.2) is 0 Å². The van der Waals surface area contributed by atoms with E-state index in [2.05, 4.69) is 5.32 Å². The summed E-state index contributed by atoms with van der Waals surface area (Å²) in [7, 11) is 1.67. The van der Waals surface area contributed by atoms with Crippen LogP contribution in [-0.2, 0) is 9.59 Å². The van der Waals surface area contributed by atoms with Gasteiger partial charge in [-0.05, 0) is 27.3 Å². The lowest BCUT2D eigenvalue weighted by molar-refractivity contribution is -0.143. The number of amides is 1. The van der Waals surface area contributed by atoms with E-state index in [1.807, 2.05) is 20.8 Å². The van der Waals surface area contributed by atoms with Crippen LogP contribution in [0.4, 0.5) is 0 Å². The molecule has 0 saturated carbocycles. The Morgan fingerprint density at radius 3 is 2.35 bits per heavy atom. The molecule has 0 aromatic carbocycles. The van der Waals surface area contributed by atoms with Crippen molar-refractivity contribution in [2.24, 2.45) is 0 Å². The van der Waals surface area contributed by atoms with E-state index in [4.69, 9.17) is 5.11 Å². The number of carboxylic acid groups (broad SMARTS) is 1. The molecular formula is C12H24N2O3. The molecule has 0 radical (unpaired) electrons. The van der Waals surface area contributed by atoms with Crippen LogP contribution in [0.2, 0.25) is 0 Å². The Hall–Kier alpha value is -1.10. The van der Waals surface area contributed by atoms with Gasteiger partial charge in [0.1, 0.15) is 6.04 Å². The number of aliphatic carboxylic acids is 1. The highest BCUT2D eigenvalue weighted by molar-refractivity contribution is 5.80. The summed E-state index contributed by atoms with van der Waals surface area (Å²) in [4.78, 5) is 24.2. The number of rotatable bonds is 8. The second kappa shape index (κ2) is 8.06. The van der Waals surface area contributed by atoms with Gasteiger partial charge >= 0.3 is 5.97 Å². The Kier molecular flexibility index (Phi) is 7.54. The van der Waals surface area contributed by atoms with Gasteiger partial charge in [0.15, 0.2) is 0 Å². The average Bonchev–Trinajstić information content (AvgIpc) is 2.15. The van der Waals surface area contributed by atoms with Gasteiger partial charge in [-0.15, -0.1) is 0 Å². The Bertz CT molecular complexity index is 254. The van der Waals surface area contributed by atoms with Gasteiger partial charge in [0, 0.05) is 6.04 Å². The van der Waals surface area contributed by atoms with Gasteiger partial charge < -0.3 is 10.4 Å². The molecule has 0 bridgehead atoms. The highest BCUT2D eigenvalue weighted by Crippen LogP contribution is 2.07. The molecule has 0 saturated heterocycles. The number of nitrogens with zero attached hydrogens (tertiary/aromatic N) is 1. The van der Waals surface area contributed by atoms with E-state index in [0.717, 1.165) is 12.8 Å². The smallest absolute Gasteiger partial charge is 0.320 e. The van der Waals surface area contributed by atoms with E-state index in [1.54, 1.807) is 11.9 Å². The highest BCUT2D eigenvalue weighted by Gasteiger charge is 2.23. The third-order valence-corrected chi connectivity index (χ3v) is 2.49. The summed E-state index contributed by atoms with van der Waals surface area (Å²) in [6.07, 6.45) is 2.39. The molecule has 0 aromatic heterocycles. The first-order valence-corrected chi connectivity index (χ1v) is 6.10. The Balaban J connectivity index is 4.26. The number of carbonyl (C=O) groups is 2. The first kappa shape index (κ1) is 15.9. The van der Waals surface area contributed by atoms with Gasteiger partial charge in [-0.1, -0.05) is 19.8 Å². The first-order chi connectivity index (χ1) is 7.88. The predicted molar refractivity (Wildman–Crippen MR) is 66.9 cm³/mol. The SMILES string of the molecule is CCCCC(C(=O)O)N(C)CC(=O)NC(C)C. The number of carboxylic acids is 1. The second-order valence-electron chi connectivity index (χ2n) is 4.63. The predicted octanol–water partition coefficient (Wildman–Crippen LogP) is 1.09. The summed E-state index contributed by atoms with van der Waals surface area (Å²) in [6, 6.07) is -0.498. The average molecular weight is 244 g/mol. The van der Waals surface area contributed by atoms with Crippen molar-refractivity contribution in [3.05, 3.63) is 0 Å². The molecule has 17 heavy (non-hydrogen) atoms. The van der Waals surface area contributed by atoms with Gasteiger partial charge in [0.2, 0.25) is 5.91 Å². The molecule has 100 valence electrons. The molecule has 0 aliphatic carbocycles. The maximum Gasteiger partial charge on any atom is 0.320 e. The van der Waals surface area contributed by atoms with E-state index in [-0.39, 0.29) is 18.5 Å². The molecular weight excluding hydrogens is 220 g/mol. The molecule has 2 N–H and O–H groups in total. The van der Waals surface area contributed by atoms with E-state index in [1.165, 1.54) is 0 Å². The maximum absolute atomic E-state index is 11.5. The summed E-state index contributed by atoms with van der Waals surface area (Å²) >= 11 is 0. The lowest BCUT2D eigenvalue weighted by Gasteiger charge is -2.24. The molecule has 0 aliphatic heterocycles. The molecule has 0 rings (SSSR count). The van der Waals surface area contributed by atoms with Crippen LogP contribution in [0.5, 0.6) is 0 Å². The number of carbonyl (C=O) groups excluding carboxylic acids is 1. The normalized spacial score (nSPS) is 12.8. The van der Waals surface area contributed by atoms with Gasteiger partial charge in [0.05, 0.1) is 6.54 Å². The van der Waals surface area contributed by atoms with E-state index >= 15 is 0 Å². The zero-order valence-corrected chi connectivity index (χ0v) is 11.2. The molecule has 0 spiro atoms.